The molecule has 0 bridgehead atoms. The molecule has 1 aromatic carbocycles. The van der Waals surface area contributed by atoms with Gasteiger partial charge in [0.2, 0.25) is 0 Å². The first kappa shape index (κ1) is 17.8. The van der Waals surface area contributed by atoms with Crippen molar-refractivity contribution in [2.75, 3.05) is 6.61 Å². The van der Waals surface area contributed by atoms with E-state index in [1.807, 2.05) is 19.1 Å². The summed E-state index contributed by atoms with van der Waals surface area (Å²) in [4.78, 5) is 11.7. The number of hydrogen-bond donors (Lipinski definition) is 2. The van der Waals surface area contributed by atoms with E-state index in [2.05, 4.69) is 12.2 Å². The maximum atomic E-state index is 11.7. The van der Waals surface area contributed by atoms with Gasteiger partial charge in [-0.15, -0.1) is 0 Å². The SMILES string of the molecule is CCOC(=O)C1CCC(NC(C)CCc2ccc(O)cc2)CC1. The van der Waals surface area contributed by atoms with Crippen LogP contribution in [0, 0.1) is 5.92 Å². The molecule has 2 rings (SSSR count). The molecule has 1 fully saturated rings. The third kappa shape index (κ3) is 5.87. The summed E-state index contributed by atoms with van der Waals surface area (Å²) in [5, 5.41) is 13.0. The number of benzene rings is 1. The number of rotatable bonds is 7. The molecule has 0 amide bonds. The van der Waals surface area contributed by atoms with Crippen LogP contribution in [-0.4, -0.2) is 29.8 Å². The van der Waals surface area contributed by atoms with Crippen LogP contribution in [-0.2, 0) is 16.0 Å². The topological polar surface area (TPSA) is 58.6 Å². The Hall–Kier alpha value is -1.55. The zero-order valence-corrected chi connectivity index (χ0v) is 14.3. The second-order valence-electron chi connectivity index (χ2n) is 6.57. The van der Waals surface area contributed by atoms with Gasteiger partial charge in [0, 0.05) is 12.1 Å². The van der Waals surface area contributed by atoms with Crippen LogP contribution >= 0.6 is 0 Å². The first-order valence-electron chi connectivity index (χ1n) is 8.79. The van der Waals surface area contributed by atoms with Crippen LogP contribution in [0.2, 0.25) is 0 Å². The summed E-state index contributed by atoms with van der Waals surface area (Å²) >= 11 is 0. The first-order chi connectivity index (χ1) is 11.1. The Morgan fingerprint density at radius 1 is 1.26 bits per heavy atom. The molecule has 1 aliphatic rings. The van der Waals surface area contributed by atoms with E-state index < -0.39 is 0 Å². The number of phenols is 1. The molecule has 23 heavy (non-hydrogen) atoms. The molecular weight excluding hydrogens is 290 g/mol. The number of esters is 1. The normalized spacial score (nSPS) is 22.5. The van der Waals surface area contributed by atoms with Crippen molar-refractivity contribution in [3.8, 4) is 5.75 Å². The lowest BCUT2D eigenvalue weighted by Gasteiger charge is -2.30. The predicted molar refractivity (Wildman–Crippen MR) is 91.4 cm³/mol. The zero-order valence-electron chi connectivity index (χ0n) is 14.3. The summed E-state index contributed by atoms with van der Waals surface area (Å²) in [5.74, 6) is 0.393. The van der Waals surface area contributed by atoms with Crippen molar-refractivity contribution in [3.63, 3.8) is 0 Å². The molecule has 0 radical (unpaired) electrons. The number of aryl methyl sites for hydroxylation is 1. The van der Waals surface area contributed by atoms with Gasteiger partial charge < -0.3 is 15.2 Å². The number of hydrogen-bond acceptors (Lipinski definition) is 4. The molecule has 2 N–H and O–H groups in total. The minimum absolute atomic E-state index is 0.0219. The molecule has 0 spiro atoms. The van der Waals surface area contributed by atoms with Crippen molar-refractivity contribution in [1.82, 2.24) is 5.32 Å². The van der Waals surface area contributed by atoms with Gasteiger partial charge >= 0.3 is 5.97 Å². The Bertz CT molecular complexity index is 478. The van der Waals surface area contributed by atoms with Crippen molar-refractivity contribution in [2.24, 2.45) is 5.92 Å². The minimum Gasteiger partial charge on any atom is -0.508 e. The number of ether oxygens (including phenoxy) is 1. The quantitative estimate of drug-likeness (QED) is 0.756. The number of carbonyl (C=O) groups excluding carboxylic acids is 1. The van der Waals surface area contributed by atoms with Gasteiger partial charge in [-0.3, -0.25) is 4.79 Å². The van der Waals surface area contributed by atoms with Gasteiger partial charge in [0.15, 0.2) is 0 Å². The Morgan fingerprint density at radius 3 is 2.52 bits per heavy atom. The van der Waals surface area contributed by atoms with Gasteiger partial charge in [0.1, 0.15) is 5.75 Å². The Morgan fingerprint density at radius 2 is 1.91 bits per heavy atom. The van der Waals surface area contributed by atoms with Gasteiger partial charge in [-0.1, -0.05) is 12.1 Å². The Kier molecular flexibility index (Phi) is 6.90. The predicted octanol–water partition coefficient (Wildman–Crippen LogP) is 3.42. The molecule has 0 aromatic heterocycles. The highest BCUT2D eigenvalue weighted by Gasteiger charge is 2.27. The van der Waals surface area contributed by atoms with Crippen molar-refractivity contribution in [1.29, 1.82) is 0 Å². The fourth-order valence-electron chi connectivity index (χ4n) is 3.29. The number of aromatic hydroxyl groups is 1. The van der Waals surface area contributed by atoms with E-state index in [4.69, 9.17) is 4.74 Å². The third-order valence-corrected chi connectivity index (χ3v) is 4.67. The van der Waals surface area contributed by atoms with E-state index in [9.17, 15) is 9.90 Å². The lowest BCUT2D eigenvalue weighted by molar-refractivity contribution is -0.149. The van der Waals surface area contributed by atoms with E-state index in [1.165, 1.54) is 5.56 Å². The smallest absolute Gasteiger partial charge is 0.308 e. The van der Waals surface area contributed by atoms with Crippen LogP contribution in [0.15, 0.2) is 24.3 Å². The molecule has 0 saturated heterocycles. The average Bonchev–Trinajstić information content (AvgIpc) is 2.55. The summed E-state index contributed by atoms with van der Waals surface area (Å²) in [6.07, 6.45) is 6.04. The van der Waals surface area contributed by atoms with Gasteiger partial charge in [0.25, 0.3) is 0 Å². The van der Waals surface area contributed by atoms with Crippen LogP contribution in [0.25, 0.3) is 0 Å². The lowest BCUT2D eigenvalue weighted by atomic mass is 9.85. The van der Waals surface area contributed by atoms with Crippen LogP contribution in [0.4, 0.5) is 0 Å². The van der Waals surface area contributed by atoms with E-state index >= 15 is 0 Å². The molecule has 0 heterocycles. The summed E-state index contributed by atoms with van der Waals surface area (Å²) in [7, 11) is 0. The number of phenolic OH excluding ortho intramolecular Hbond substituents is 1. The molecule has 1 atom stereocenters. The lowest BCUT2D eigenvalue weighted by Crippen LogP contribution is -2.40. The Balaban J connectivity index is 1.67. The first-order valence-corrected chi connectivity index (χ1v) is 8.79. The van der Waals surface area contributed by atoms with Gasteiger partial charge in [-0.05, 0) is 70.1 Å². The van der Waals surface area contributed by atoms with Crippen molar-refractivity contribution in [3.05, 3.63) is 29.8 Å². The van der Waals surface area contributed by atoms with E-state index in [0.717, 1.165) is 38.5 Å². The molecule has 128 valence electrons. The van der Waals surface area contributed by atoms with Crippen molar-refractivity contribution in [2.45, 2.75) is 64.5 Å². The van der Waals surface area contributed by atoms with Crippen LogP contribution in [0.5, 0.6) is 5.75 Å². The van der Waals surface area contributed by atoms with Crippen LogP contribution in [0.1, 0.15) is 51.5 Å². The maximum Gasteiger partial charge on any atom is 0.308 e. The van der Waals surface area contributed by atoms with Crippen molar-refractivity contribution >= 4 is 5.97 Å². The van der Waals surface area contributed by atoms with E-state index in [1.54, 1.807) is 12.1 Å². The summed E-state index contributed by atoms with van der Waals surface area (Å²) in [5.41, 5.74) is 1.25. The third-order valence-electron chi connectivity index (χ3n) is 4.67. The second-order valence-corrected chi connectivity index (χ2v) is 6.57. The Labute approximate surface area is 139 Å². The molecular formula is C19H29NO3. The second kappa shape index (κ2) is 8.92. The van der Waals surface area contributed by atoms with Crippen LogP contribution in [0.3, 0.4) is 0 Å². The number of nitrogens with one attached hydrogen (secondary N) is 1. The highest BCUT2D eigenvalue weighted by molar-refractivity contribution is 5.72. The average molecular weight is 319 g/mol. The highest BCUT2D eigenvalue weighted by Crippen LogP contribution is 2.26. The summed E-state index contributed by atoms with van der Waals surface area (Å²) in [6.45, 7) is 4.56. The zero-order chi connectivity index (χ0) is 16.7. The molecule has 0 aliphatic heterocycles. The number of carbonyl (C=O) groups is 1. The van der Waals surface area contributed by atoms with Crippen molar-refractivity contribution < 1.29 is 14.6 Å². The molecule has 4 nitrogen and oxygen atoms in total. The van der Waals surface area contributed by atoms with E-state index in [-0.39, 0.29) is 11.9 Å². The summed E-state index contributed by atoms with van der Waals surface area (Å²) in [6, 6.07) is 8.40. The minimum atomic E-state index is -0.0219. The molecule has 1 aliphatic carbocycles. The maximum absolute atomic E-state index is 11.7. The van der Waals surface area contributed by atoms with Gasteiger partial charge in [0.05, 0.1) is 12.5 Å². The van der Waals surface area contributed by atoms with Crippen LogP contribution < -0.4 is 5.32 Å². The highest BCUT2D eigenvalue weighted by atomic mass is 16.5. The van der Waals surface area contributed by atoms with E-state index in [0.29, 0.717) is 24.4 Å². The molecule has 4 heteroatoms. The fourth-order valence-corrected chi connectivity index (χ4v) is 3.29. The van der Waals surface area contributed by atoms with Gasteiger partial charge in [-0.2, -0.15) is 0 Å². The summed E-state index contributed by atoms with van der Waals surface area (Å²) < 4.78 is 5.12. The standard InChI is InChI=1S/C19H29NO3/c1-3-23-19(22)16-8-10-17(11-9-16)20-14(2)4-5-15-6-12-18(21)13-7-15/h6-7,12-14,16-17,20-21H,3-5,8-11H2,1-2H3. The largest absolute Gasteiger partial charge is 0.508 e. The molecule has 1 aromatic rings. The fraction of sp³-hybridized carbons (Fsp3) is 0.632. The van der Waals surface area contributed by atoms with Gasteiger partial charge in [-0.25, -0.2) is 0 Å². The monoisotopic (exact) mass is 319 g/mol. The molecule has 1 unspecified atom stereocenters. The molecule has 1 saturated carbocycles.